The average Bonchev–Trinajstić information content (AvgIpc) is 2.34. The summed E-state index contributed by atoms with van der Waals surface area (Å²) >= 11 is 1.82. The number of thiophene rings is 1. The Morgan fingerprint density at radius 2 is 2.56 bits per heavy atom. The van der Waals surface area contributed by atoms with Crippen molar-refractivity contribution in [3.8, 4) is 0 Å². The van der Waals surface area contributed by atoms with Crippen molar-refractivity contribution in [1.82, 2.24) is 0 Å². The van der Waals surface area contributed by atoms with Crippen molar-refractivity contribution in [2.45, 2.75) is 6.42 Å². The molecule has 1 heterocycles. The van der Waals surface area contributed by atoms with Crippen LogP contribution < -0.4 is 5.32 Å². The summed E-state index contributed by atoms with van der Waals surface area (Å²) in [5, 5.41) is 4.07. The van der Waals surface area contributed by atoms with Crippen LogP contribution in [0, 0.1) is 7.05 Å². The predicted octanol–water partition coefficient (Wildman–Crippen LogP) is 0.646. The molecule has 0 radical (unpaired) electrons. The zero-order valence-electron chi connectivity index (χ0n) is 5.34. The van der Waals surface area contributed by atoms with Crippen LogP contribution in [-0.2, 0) is 6.42 Å². The molecule has 0 bridgehead atoms. The summed E-state index contributed by atoms with van der Waals surface area (Å²) < 4.78 is 0. The summed E-state index contributed by atoms with van der Waals surface area (Å²) in [6.45, 7) is 1.10. The summed E-state index contributed by atoms with van der Waals surface area (Å²) in [4.78, 5) is 1.45. The van der Waals surface area contributed by atoms with Gasteiger partial charge in [-0.15, -0.1) is 11.3 Å². The summed E-state index contributed by atoms with van der Waals surface area (Å²) in [7, 11) is 3.66. The molecule has 1 rings (SSSR count). The Balaban J connectivity index is 2.30. The first-order chi connectivity index (χ1) is 4.43. The summed E-state index contributed by atoms with van der Waals surface area (Å²) in [6, 6.07) is 4.25. The maximum absolute atomic E-state index is 3.66. The van der Waals surface area contributed by atoms with Gasteiger partial charge in [0.05, 0.1) is 6.54 Å². The highest BCUT2D eigenvalue weighted by molar-refractivity contribution is 7.09. The van der Waals surface area contributed by atoms with Crippen molar-refractivity contribution in [2.75, 3.05) is 6.54 Å². The van der Waals surface area contributed by atoms with E-state index in [2.05, 4.69) is 24.6 Å². The van der Waals surface area contributed by atoms with Crippen LogP contribution in [-0.4, -0.2) is 6.54 Å². The lowest BCUT2D eigenvalue weighted by molar-refractivity contribution is -0.594. The molecule has 0 saturated carbocycles. The molecule has 0 saturated heterocycles. The lowest BCUT2D eigenvalue weighted by atomic mass is 10.3. The minimum absolute atomic E-state index is 1.10. The van der Waals surface area contributed by atoms with Crippen molar-refractivity contribution in [1.29, 1.82) is 0 Å². The molecular weight excluding hydrogens is 130 g/mol. The van der Waals surface area contributed by atoms with Gasteiger partial charge in [0.25, 0.3) is 0 Å². The zero-order valence-corrected chi connectivity index (χ0v) is 6.16. The molecule has 0 aliphatic rings. The van der Waals surface area contributed by atoms with Gasteiger partial charge < -0.3 is 5.32 Å². The third kappa shape index (κ3) is 2.16. The third-order valence-electron chi connectivity index (χ3n) is 1.17. The first kappa shape index (κ1) is 6.78. The zero-order chi connectivity index (χ0) is 6.53. The fourth-order valence-electron chi connectivity index (χ4n) is 0.699. The fourth-order valence-corrected chi connectivity index (χ4v) is 1.42. The van der Waals surface area contributed by atoms with Crippen molar-refractivity contribution in [3.63, 3.8) is 0 Å². The monoisotopic (exact) mass is 141 g/mol. The number of rotatable bonds is 3. The molecule has 1 nitrogen and oxygen atoms in total. The maximum Gasteiger partial charge on any atom is 0.0564 e. The maximum atomic E-state index is 3.66. The second kappa shape index (κ2) is 3.64. The number of quaternary nitrogens is 1. The SMILES string of the molecule is [CH2-][NH2+]CCc1cccs1. The minimum atomic E-state index is 1.10. The Bertz CT molecular complexity index is 146. The van der Waals surface area contributed by atoms with Crippen LogP contribution in [0.1, 0.15) is 4.88 Å². The molecule has 2 N–H and O–H groups in total. The quantitative estimate of drug-likeness (QED) is 0.595. The molecule has 50 valence electrons. The van der Waals surface area contributed by atoms with Crippen molar-refractivity contribution in [3.05, 3.63) is 29.4 Å². The van der Waals surface area contributed by atoms with E-state index < -0.39 is 0 Å². The predicted molar refractivity (Wildman–Crippen MR) is 40.2 cm³/mol. The van der Waals surface area contributed by atoms with Crippen LogP contribution in [0.2, 0.25) is 0 Å². The van der Waals surface area contributed by atoms with Crippen LogP contribution in [0.4, 0.5) is 0 Å². The molecule has 1 aromatic heterocycles. The van der Waals surface area contributed by atoms with Crippen LogP contribution in [0.5, 0.6) is 0 Å². The Labute approximate surface area is 59.7 Å². The van der Waals surface area contributed by atoms with Gasteiger partial charge >= 0.3 is 0 Å². The molecular formula is C7H11NS. The number of hydrogen-bond donors (Lipinski definition) is 1. The largest absolute Gasteiger partial charge is 0.479 e. The fraction of sp³-hybridized carbons (Fsp3) is 0.286. The Morgan fingerprint density at radius 3 is 3.11 bits per heavy atom. The molecule has 0 atom stereocenters. The average molecular weight is 141 g/mol. The molecule has 0 aliphatic heterocycles. The van der Waals surface area contributed by atoms with E-state index in [0.717, 1.165) is 13.0 Å². The van der Waals surface area contributed by atoms with Gasteiger partial charge in [0.15, 0.2) is 0 Å². The molecule has 0 unspecified atom stereocenters. The van der Waals surface area contributed by atoms with Gasteiger partial charge in [-0.3, -0.25) is 0 Å². The van der Waals surface area contributed by atoms with E-state index in [1.54, 1.807) is 0 Å². The number of hydrogen-bond acceptors (Lipinski definition) is 1. The van der Waals surface area contributed by atoms with Gasteiger partial charge in [-0.05, 0) is 11.4 Å². The van der Waals surface area contributed by atoms with Gasteiger partial charge in [0.1, 0.15) is 0 Å². The standard InChI is InChI=1S/C7H11NS/c1-8-5-4-7-3-2-6-9-7/h2-3,6H,1,4-5,8H2. The van der Waals surface area contributed by atoms with Crippen LogP contribution in [0.25, 0.3) is 0 Å². The van der Waals surface area contributed by atoms with Crippen LogP contribution in [0.3, 0.4) is 0 Å². The minimum Gasteiger partial charge on any atom is -0.479 e. The second-order valence-electron chi connectivity index (χ2n) is 1.91. The van der Waals surface area contributed by atoms with Gasteiger partial charge in [-0.1, -0.05) is 6.07 Å². The van der Waals surface area contributed by atoms with E-state index in [4.69, 9.17) is 0 Å². The van der Waals surface area contributed by atoms with E-state index in [9.17, 15) is 0 Å². The second-order valence-corrected chi connectivity index (χ2v) is 2.94. The van der Waals surface area contributed by atoms with E-state index >= 15 is 0 Å². The highest BCUT2D eigenvalue weighted by Crippen LogP contribution is 2.07. The smallest absolute Gasteiger partial charge is 0.0564 e. The van der Waals surface area contributed by atoms with Gasteiger partial charge in [-0.25, -0.2) is 0 Å². The van der Waals surface area contributed by atoms with Crippen LogP contribution >= 0.6 is 11.3 Å². The third-order valence-corrected chi connectivity index (χ3v) is 2.11. The van der Waals surface area contributed by atoms with Crippen molar-refractivity contribution < 1.29 is 5.32 Å². The van der Waals surface area contributed by atoms with Gasteiger partial charge in [-0.2, -0.15) is 7.05 Å². The first-order valence-corrected chi connectivity index (χ1v) is 3.94. The molecule has 0 spiro atoms. The van der Waals surface area contributed by atoms with Crippen molar-refractivity contribution in [2.24, 2.45) is 0 Å². The van der Waals surface area contributed by atoms with Gasteiger partial charge in [0, 0.05) is 11.3 Å². The molecule has 0 aromatic carbocycles. The molecule has 0 amide bonds. The van der Waals surface area contributed by atoms with Crippen molar-refractivity contribution >= 4 is 11.3 Å². The molecule has 9 heavy (non-hydrogen) atoms. The van der Waals surface area contributed by atoms with E-state index in [-0.39, 0.29) is 0 Å². The Hall–Kier alpha value is -0.340. The summed E-state index contributed by atoms with van der Waals surface area (Å²) in [5.41, 5.74) is 0. The van der Waals surface area contributed by atoms with E-state index in [1.807, 2.05) is 16.7 Å². The van der Waals surface area contributed by atoms with E-state index in [0.29, 0.717) is 0 Å². The molecule has 0 fully saturated rings. The topological polar surface area (TPSA) is 16.6 Å². The molecule has 2 heteroatoms. The summed E-state index contributed by atoms with van der Waals surface area (Å²) in [6.07, 6.45) is 1.15. The van der Waals surface area contributed by atoms with Crippen LogP contribution in [0.15, 0.2) is 17.5 Å². The Kier molecular flexibility index (Phi) is 2.74. The van der Waals surface area contributed by atoms with E-state index in [1.165, 1.54) is 4.88 Å². The summed E-state index contributed by atoms with van der Waals surface area (Å²) in [5.74, 6) is 0. The lowest BCUT2D eigenvalue weighted by Crippen LogP contribution is -2.77. The highest BCUT2D eigenvalue weighted by Gasteiger charge is 1.89. The normalized spacial score (nSPS) is 9.89. The van der Waals surface area contributed by atoms with Gasteiger partial charge in [0.2, 0.25) is 0 Å². The molecule has 0 aliphatic carbocycles. The Morgan fingerprint density at radius 1 is 1.67 bits per heavy atom. The highest BCUT2D eigenvalue weighted by atomic mass is 32.1. The number of nitrogens with two attached hydrogens (primary N) is 1. The lowest BCUT2D eigenvalue weighted by Gasteiger charge is -1.95. The first-order valence-electron chi connectivity index (χ1n) is 3.07. The molecule has 1 aromatic rings.